The van der Waals surface area contributed by atoms with E-state index in [0.29, 0.717) is 0 Å². The van der Waals surface area contributed by atoms with Gasteiger partial charge in [-0.3, -0.25) is 11.3 Å². The zero-order valence-electron chi connectivity index (χ0n) is 12.2. The van der Waals surface area contributed by atoms with E-state index in [1.165, 1.54) is 49.7 Å². The second-order valence-electron chi connectivity index (χ2n) is 6.27. The highest BCUT2D eigenvalue weighted by Gasteiger charge is 2.19. The molecule has 0 aromatic heterocycles. The molecule has 1 aromatic rings. The topological polar surface area (TPSA) is 47.3 Å². The van der Waals surface area contributed by atoms with Crippen LogP contribution in [0.25, 0.3) is 0 Å². The number of nitrogens with one attached hydrogen (secondary N) is 1. The lowest BCUT2D eigenvalue weighted by Gasteiger charge is -2.24. The summed E-state index contributed by atoms with van der Waals surface area (Å²) in [5, 5.41) is 0. The molecule has 20 heavy (non-hydrogen) atoms. The van der Waals surface area contributed by atoms with E-state index in [4.69, 9.17) is 10.6 Å². The second-order valence-corrected chi connectivity index (χ2v) is 6.27. The fourth-order valence-electron chi connectivity index (χ4n) is 3.65. The lowest BCUT2D eigenvalue weighted by molar-refractivity contribution is 0.315. The average Bonchev–Trinajstić information content (AvgIpc) is 2.96. The molecule has 3 rings (SSSR count). The van der Waals surface area contributed by atoms with Gasteiger partial charge in [0.2, 0.25) is 0 Å². The first kappa shape index (κ1) is 13.9. The minimum atomic E-state index is 0.280. The molecule has 3 heteroatoms. The van der Waals surface area contributed by atoms with Gasteiger partial charge in [0.1, 0.15) is 5.75 Å². The summed E-state index contributed by atoms with van der Waals surface area (Å²) in [5.74, 6) is 7.75. The second kappa shape index (κ2) is 6.59. The third-order valence-corrected chi connectivity index (χ3v) is 4.91. The van der Waals surface area contributed by atoms with Crippen LogP contribution in [0.4, 0.5) is 0 Å². The number of benzene rings is 1. The molecule has 3 nitrogen and oxygen atoms in total. The van der Waals surface area contributed by atoms with Crippen LogP contribution in [-0.4, -0.2) is 6.61 Å². The van der Waals surface area contributed by atoms with Crippen molar-refractivity contribution in [1.82, 2.24) is 5.43 Å². The van der Waals surface area contributed by atoms with Gasteiger partial charge < -0.3 is 4.74 Å². The molecule has 1 aliphatic heterocycles. The summed E-state index contributed by atoms with van der Waals surface area (Å²) in [6, 6.07) is 6.81. The number of ether oxygens (including phenoxy) is 1. The van der Waals surface area contributed by atoms with Gasteiger partial charge in [-0.15, -0.1) is 0 Å². The van der Waals surface area contributed by atoms with E-state index >= 15 is 0 Å². The summed E-state index contributed by atoms with van der Waals surface area (Å²) in [7, 11) is 0. The van der Waals surface area contributed by atoms with Crippen molar-refractivity contribution in [2.75, 3.05) is 6.61 Å². The Hall–Kier alpha value is -1.06. The largest absolute Gasteiger partial charge is 0.493 e. The number of hydrazine groups is 1. The quantitative estimate of drug-likeness (QED) is 0.638. The lowest BCUT2D eigenvalue weighted by Crippen LogP contribution is -2.28. The monoisotopic (exact) mass is 274 g/mol. The molecule has 1 heterocycles. The van der Waals surface area contributed by atoms with Crippen LogP contribution in [0.3, 0.4) is 0 Å². The maximum atomic E-state index is 5.78. The molecule has 0 bridgehead atoms. The Bertz CT molecular complexity index is 441. The predicted molar refractivity (Wildman–Crippen MR) is 81.5 cm³/mol. The van der Waals surface area contributed by atoms with Crippen molar-refractivity contribution in [3.8, 4) is 5.75 Å². The van der Waals surface area contributed by atoms with Crippen molar-refractivity contribution in [2.24, 2.45) is 11.8 Å². The normalized spacial score (nSPS) is 20.4. The predicted octanol–water partition coefficient (Wildman–Crippen LogP) is 3.49. The van der Waals surface area contributed by atoms with E-state index in [-0.39, 0.29) is 6.04 Å². The maximum absolute atomic E-state index is 5.78. The summed E-state index contributed by atoms with van der Waals surface area (Å²) in [5.41, 5.74) is 5.65. The molecule has 1 aliphatic carbocycles. The summed E-state index contributed by atoms with van der Waals surface area (Å²) in [6.45, 7) is 0.821. The van der Waals surface area contributed by atoms with Gasteiger partial charge in [0.05, 0.1) is 6.61 Å². The van der Waals surface area contributed by atoms with Crippen molar-refractivity contribution < 1.29 is 4.74 Å². The van der Waals surface area contributed by atoms with Crippen molar-refractivity contribution in [3.05, 3.63) is 29.3 Å². The molecule has 1 aromatic carbocycles. The molecule has 3 N–H and O–H groups in total. The summed E-state index contributed by atoms with van der Waals surface area (Å²) < 4.78 is 5.57. The van der Waals surface area contributed by atoms with E-state index in [2.05, 4.69) is 23.6 Å². The van der Waals surface area contributed by atoms with Gasteiger partial charge in [0.25, 0.3) is 0 Å². The molecule has 0 amide bonds. The van der Waals surface area contributed by atoms with Crippen molar-refractivity contribution >= 4 is 0 Å². The molecule has 1 unspecified atom stereocenters. The van der Waals surface area contributed by atoms with Crippen LogP contribution in [0.1, 0.15) is 62.1 Å². The Labute approximate surface area is 121 Å². The number of nitrogens with two attached hydrogens (primary N) is 1. The van der Waals surface area contributed by atoms with Crippen LogP contribution in [0.15, 0.2) is 18.2 Å². The average molecular weight is 274 g/mol. The molecule has 110 valence electrons. The molecule has 1 saturated carbocycles. The van der Waals surface area contributed by atoms with Crippen LogP contribution >= 0.6 is 0 Å². The van der Waals surface area contributed by atoms with E-state index in [9.17, 15) is 0 Å². The van der Waals surface area contributed by atoms with Gasteiger partial charge >= 0.3 is 0 Å². The zero-order chi connectivity index (χ0) is 13.8. The third kappa shape index (κ3) is 3.15. The van der Waals surface area contributed by atoms with Gasteiger partial charge in [-0.25, -0.2) is 0 Å². The molecule has 1 atom stereocenters. The number of hydrogen-bond acceptors (Lipinski definition) is 3. The van der Waals surface area contributed by atoms with Gasteiger partial charge in [-0.2, -0.15) is 0 Å². The van der Waals surface area contributed by atoms with E-state index in [1.807, 2.05) is 0 Å². The minimum Gasteiger partial charge on any atom is -0.493 e. The van der Waals surface area contributed by atoms with E-state index in [1.54, 1.807) is 0 Å². The van der Waals surface area contributed by atoms with Gasteiger partial charge in [-0.05, 0) is 36.0 Å². The molecular formula is C17H26N2O. The Balaban J connectivity index is 1.60. The van der Waals surface area contributed by atoms with Gasteiger partial charge in [0, 0.05) is 12.5 Å². The standard InChI is InChI=1S/C17H26N2O/c18-19-16(8-6-13-4-2-1-3-5-13)14-7-9-17-15(12-14)10-11-20-17/h7,9,12-13,16,19H,1-6,8,10-11,18H2. The van der Waals surface area contributed by atoms with Gasteiger partial charge in [0.15, 0.2) is 0 Å². The first-order valence-electron chi connectivity index (χ1n) is 8.08. The molecular weight excluding hydrogens is 248 g/mol. The highest BCUT2D eigenvalue weighted by atomic mass is 16.5. The highest BCUT2D eigenvalue weighted by molar-refractivity contribution is 5.40. The number of fused-ring (bicyclic) bond motifs is 1. The highest BCUT2D eigenvalue weighted by Crippen LogP contribution is 2.32. The van der Waals surface area contributed by atoms with Crippen LogP contribution < -0.4 is 16.0 Å². The number of hydrogen-bond donors (Lipinski definition) is 2. The first-order valence-corrected chi connectivity index (χ1v) is 8.08. The maximum Gasteiger partial charge on any atom is 0.122 e. The minimum absolute atomic E-state index is 0.280. The van der Waals surface area contributed by atoms with Crippen LogP contribution in [0, 0.1) is 5.92 Å². The van der Waals surface area contributed by atoms with Crippen molar-refractivity contribution in [2.45, 2.75) is 57.4 Å². The van der Waals surface area contributed by atoms with E-state index < -0.39 is 0 Å². The smallest absolute Gasteiger partial charge is 0.122 e. The first-order chi connectivity index (χ1) is 9.86. The molecule has 2 aliphatic rings. The van der Waals surface area contributed by atoms with Crippen LogP contribution in [-0.2, 0) is 6.42 Å². The summed E-state index contributed by atoms with van der Waals surface area (Å²) in [6.07, 6.45) is 10.6. The number of rotatable bonds is 5. The van der Waals surface area contributed by atoms with Gasteiger partial charge in [-0.1, -0.05) is 44.2 Å². The van der Waals surface area contributed by atoms with Crippen LogP contribution in [0.2, 0.25) is 0 Å². The Morgan fingerprint density at radius 1 is 1.25 bits per heavy atom. The van der Waals surface area contributed by atoms with Crippen LogP contribution in [0.5, 0.6) is 5.75 Å². The van der Waals surface area contributed by atoms with Crippen molar-refractivity contribution in [3.63, 3.8) is 0 Å². The summed E-state index contributed by atoms with van der Waals surface area (Å²) in [4.78, 5) is 0. The molecule has 0 spiro atoms. The van der Waals surface area contributed by atoms with Crippen molar-refractivity contribution in [1.29, 1.82) is 0 Å². The Morgan fingerprint density at radius 2 is 2.10 bits per heavy atom. The SMILES string of the molecule is NNC(CCC1CCCCC1)c1ccc2c(c1)CCO2. The fraction of sp³-hybridized carbons (Fsp3) is 0.647. The molecule has 0 radical (unpaired) electrons. The zero-order valence-corrected chi connectivity index (χ0v) is 12.2. The Kier molecular flexibility index (Phi) is 4.58. The fourth-order valence-corrected chi connectivity index (χ4v) is 3.65. The van der Waals surface area contributed by atoms with E-state index in [0.717, 1.165) is 31.1 Å². The molecule has 1 fully saturated rings. The lowest BCUT2D eigenvalue weighted by atomic mass is 9.84. The molecule has 0 saturated heterocycles. The Morgan fingerprint density at radius 3 is 2.90 bits per heavy atom. The summed E-state index contributed by atoms with van der Waals surface area (Å²) >= 11 is 0. The third-order valence-electron chi connectivity index (χ3n) is 4.91.